The molecule has 2 rings (SSSR count). The molecule has 0 aromatic heterocycles. The Morgan fingerprint density at radius 1 is 1.10 bits per heavy atom. The largest absolute Gasteiger partial charge is 0.416 e. The molecule has 1 aliphatic heterocycles. The molecule has 0 spiro atoms. The lowest BCUT2D eigenvalue weighted by Crippen LogP contribution is -2.32. The first-order valence-electron chi connectivity index (χ1n) is 6.55. The molecule has 0 unspecified atom stereocenters. The van der Waals surface area contributed by atoms with Gasteiger partial charge in [-0.05, 0) is 47.0 Å². The lowest BCUT2D eigenvalue weighted by molar-refractivity contribution is -0.137. The van der Waals surface area contributed by atoms with Gasteiger partial charge in [0.25, 0.3) is 5.91 Å². The van der Waals surface area contributed by atoms with E-state index in [0.29, 0.717) is 17.6 Å². The van der Waals surface area contributed by atoms with Crippen molar-refractivity contribution in [3.63, 3.8) is 0 Å². The summed E-state index contributed by atoms with van der Waals surface area (Å²) < 4.78 is 38.6. The van der Waals surface area contributed by atoms with E-state index in [1.165, 1.54) is 6.07 Å². The van der Waals surface area contributed by atoms with Gasteiger partial charge in [-0.1, -0.05) is 12.8 Å². The van der Waals surface area contributed by atoms with E-state index in [2.05, 4.69) is 15.9 Å². The number of benzene rings is 1. The van der Waals surface area contributed by atoms with E-state index in [4.69, 9.17) is 0 Å². The average molecular weight is 350 g/mol. The molecular formula is C14H15BrF3NO. The Bertz CT molecular complexity index is 494. The average Bonchev–Trinajstić information content (AvgIpc) is 2.66. The minimum atomic E-state index is -4.44. The van der Waals surface area contributed by atoms with Crippen LogP contribution in [0.5, 0.6) is 0 Å². The highest BCUT2D eigenvalue weighted by molar-refractivity contribution is 9.10. The quantitative estimate of drug-likeness (QED) is 0.731. The topological polar surface area (TPSA) is 20.3 Å². The van der Waals surface area contributed by atoms with Crippen LogP contribution in [0.15, 0.2) is 22.7 Å². The number of nitrogens with zero attached hydrogens (tertiary/aromatic N) is 1. The first-order chi connectivity index (χ1) is 9.39. The predicted molar refractivity (Wildman–Crippen MR) is 73.5 cm³/mol. The van der Waals surface area contributed by atoms with Crippen LogP contribution in [0, 0.1) is 0 Å². The van der Waals surface area contributed by atoms with Crippen LogP contribution >= 0.6 is 15.9 Å². The molecule has 1 aromatic carbocycles. The standard InChI is InChI=1S/C14H15BrF3NO/c15-12-6-5-10(14(16,17)18)9-11(12)13(20)19-7-3-1-2-4-8-19/h5-6,9H,1-4,7-8H2. The third-order valence-electron chi connectivity index (χ3n) is 3.42. The van der Waals surface area contributed by atoms with E-state index >= 15 is 0 Å². The zero-order chi connectivity index (χ0) is 14.8. The summed E-state index contributed by atoms with van der Waals surface area (Å²) in [5.41, 5.74) is -0.708. The van der Waals surface area contributed by atoms with Crippen LogP contribution in [0.25, 0.3) is 0 Å². The van der Waals surface area contributed by atoms with Crippen LogP contribution in [0.2, 0.25) is 0 Å². The van der Waals surface area contributed by atoms with Gasteiger partial charge in [-0.15, -0.1) is 0 Å². The molecule has 1 heterocycles. The van der Waals surface area contributed by atoms with E-state index in [9.17, 15) is 18.0 Å². The van der Waals surface area contributed by atoms with Gasteiger partial charge >= 0.3 is 6.18 Å². The second-order valence-electron chi connectivity index (χ2n) is 4.90. The number of rotatable bonds is 1. The maximum atomic E-state index is 12.7. The van der Waals surface area contributed by atoms with Gasteiger partial charge in [0.1, 0.15) is 0 Å². The zero-order valence-corrected chi connectivity index (χ0v) is 12.4. The first kappa shape index (κ1) is 15.4. The van der Waals surface area contributed by atoms with E-state index < -0.39 is 11.7 Å². The van der Waals surface area contributed by atoms with Gasteiger partial charge in [0.05, 0.1) is 11.1 Å². The van der Waals surface area contributed by atoms with Crippen LogP contribution in [0.4, 0.5) is 13.2 Å². The van der Waals surface area contributed by atoms with Crippen LogP contribution < -0.4 is 0 Å². The fourth-order valence-corrected chi connectivity index (χ4v) is 2.73. The number of likely N-dealkylation sites (tertiary alicyclic amines) is 1. The monoisotopic (exact) mass is 349 g/mol. The summed E-state index contributed by atoms with van der Waals surface area (Å²) >= 11 is 3.17. The van der Waals surface area contributed by atoms with Crippen molar-refractivity contribution in [1.29, 1.82) is 0 Å². The van der Waals surface area contributed by atoms with Gasteiger partial charge in [0.2, 0.25) is 0 Å². The van der Waals surface area contributed by atoms with Gasteiger partial charge in [0.15, 0.2) is 0 Å². The van der Waals surface area contributed by atoms with Crippen molar-refractivity contribution >= 4 is 21.8 Å². The predicted octanol–water partition coefficient (Wildman–Crippen LogP) is 4.48. The number of hydrogen-bond acceptors (Lipinski definition) is 1. The van der Waals surface area contributed by atoms with Gasteiger partial charge in [0, 0.05) is 17.6 Å². The molecule has 110 valence electrons. The number of hydrogen-bond donors (Lipinski definition) is 0. The normalized spacial score (nSPS) is 16.9. The summed E-state index contributed by atoms with van der Waals surface area (Å²) in [5, 5.41) is 0. The summed E-state index contributed by atoms with van der Waals surface area (Å²) in [7, 11) is 0. The van der Waals surface area contributed by atoms with Crippen LogP contribution in [-0.2, 0) is 6.18 Å². The molecule has 1 aliphatic rings. The molecule has 6 heteroatoms. The van der Waals surface area contributed by atoms with Crippen LogP contribution in [0.3, 0.4) is 0 Å². The molecule has 1 aromatic rings. The molecule has 0 bridgehead atoms. The van der Waals surface area contributed by atoms with E-state index in [1.54, 1.807) is 4.90 Å². The molecular weight excluding hydrogens is 335 g/mol. The fourth-order valence-electron chi connectivity index (χ4n) is 2.31. The van der Waals surface area contributed by atoms with E-state index in [-0.39, 0.29) is 11.5 Å². The van der Waals surface area contributed by atoms with Gasteiger partial charge < -0.3 is 4.90 Å². The molecule has 0 saturated carbocycles. The molecule has 0 N–H and O–H groups in total. The number of carbonyl (C=O) groups is 1. The minimum absolute atomic E-state index is 0.0849. The van der Waals surface area contributed by atoms with Crippen LogP contribution in [0.1, 0.15) is 41.6 Å². The Morgan fingerprint density at radius 3 is 2.25 bits per heavy atom. The first-order valence-corrected chi connectivity index (χ1v) is 7.35. The Balaban J connectivity index is 2.28. The molecule has 1 fully saturated rings. The van der Waals surface area contributed by atoms with Gasteiger partial charge in [-0.2, -0.15) is 13.2 Å². The SMILES string of the molecule is O=C(c1cc(C(F)(F)F)ccc1Br)N1CCCCCC1. The van der Waals surface area contributed by atoms with Crippen molar-refractivity contribution in [2.45, 2.75) is 31.9 Å². The van der Waals surface area contributed by atoms with Gasteiger partial charge in [-0.25, -0.2) is 0 Å². The number of alkyl halides is 3. The minimum Gasteiger partial charge on any atom is -0.339 e. The molecule has 20 heavy (non-hydrogen) atoms. The maximum absolute atomic E-state index is 12.7. The van der Waals surface area contributed by atoms with Gasteiger partial charge in [-0.3, -0.25) is 4.79 Å². The summed E-state index contributed by atoms with van der Waals surface area (Å²) in [4.78, 5) is 14.0. The number of amides is 1. The Labute approximate surface area is 124 Å². The van der Waals surface area contributed by atoms with Crippen molar-refractivity contribution in [2.24, 2.45) is 0 Å². The molecule has 0 atom stereocenters. The highest BCUT2D eigenvalue weighted by Gasteiger charge is 2.32. The summed E-state index contributed by atoms with van der Waals surface area (Å²) in [6.45, 7) is 1.23. The number of halogens is 4. The molecule has 0 aliphatic carbocycles. The Kier molecular flexibility index (Phi) is 4.73. The van der Waals surface area contributed by atoms with E-state index in [0.717, 1.165) is 37.8 Å². The summed E-state index contributed by atoms with van der Waals surface area (Å²) in [6, 6.07) is 3.19. The summed E-state index contributed by atoms with van der Waals surface area (Å²) in [5.74, 6) is -0.329. The Morgan fingerprint density at radius 2 is 1.70 bits per heavy atom. The van der Waals surface area contributed by atoms with Crippen molar-refractivity contribution < 1.29 is 18.0 Å². The third-order valence-corrected chi connectivity index (χ3v) is 4.11. The van der Waals surface area contributed by atoms with Crippen molar-refractivity contribution in [2.75, 3.05) is 13.1 Å². The lowest BCUT2D eigenvalue weighted by atomic mass is 10.1. The summed E-state index contributed by atoms with van der Waals surface area (Å²) in [6.07, 6.45) is -0.500. The van der Waals surface area contributed by atoms with E-state index in [1.807, 2.05) is 0 Å². The molecule has 1 saturated heterocycles. The second kappa shape index (κ2) is 6.16. The molecule has 2 nitrogen and oxygen atoms in total. The second-order valence-corrected chi connectivity index (χ2v) is 5.75. The van der Waals surface area contributed by atoms with Crippen molar-refractivity contribution in [3.8, 4) is 0 Å². The highest BCUT2D eigenvalue weighted by Crippen LogP contribution is 2.32. The molecule has 1 amide bonds. The lowest BCUT2D eigenvalue weighted by Gasteiger charge is -2.21. The smallest absolute Gasteiger partial charge is 0.339 e. The fraction of sp³-hybridized carbons (Fsp3) is 0.500. The van der Waals surface area contributed by atoms with Crippen molar-refractivity contribution in [3.05, 3.63) is 33.8 Å². The number of carbonyl (C=O) groups excluding carboxylic acids is 1. The maximum Gasteiger partial charge on any atom is 0.416 e. The van der Waals surface area contributed by atoms with Crippen LogP contribution in [-0.4, -0.2) is 23.9 Å². The zero-order valence-electron chi connectivity index (χ0n) is 10.8. The Hall–Kier alpha value is -1.04. The van der Waals surface area contributed by atoms with Crippen molar-refractivity contribution in [1.82, 2.24) is 4.90 Å². The highest BCUT2D eigenvalue weighted by atomic mass is 79.9. The third kappa shape index (κ3) is 3.53. The molecule has 0 radical (unpaired) electrons.